The van der Waals surface area contributed by atoms with Crippen molar-refractivity contribution in [3.8, 4) is 5.75 Å². The summed E-state index contributed by atoms with van der Waals surface area (Å²) in [5.74, 6) is -0.116. The van der Waals surface area contributed by atoms with Crippen molar-refractivity contribution >= 4 is 5.97 Å². The van der Waals surface area contributed by atoms with Crippen LogP contribution in [0.15, 0.2) is 16.9 Å². The number of fused-ring (bicyclic) bond motifs is 4. The number of carboxylic acid groups (broad SMARTS) is 1. The molecule has 102 valence electrons. The third-order valence-electron chi connectivity index (χ3n) is 3.82. The van der Waals surface area contributed by atoms with Gasteiger partial charge < -0.3 is 19.7 Å². The number of nitrogens with zero attached hydrogens (tertiary/aromatic N) is 1. The molecule has 2 N–H and O–H groups in total. The molecule has 2 aliphatic heterocycles. The van der Waals surface area contributed by atoms with E-state index < -0.39 is 12.6 Å². The Morgan fingerprint density at radius 3 is 3.11 bits per heavy atom. The van der Waals surface area contributed by atoms with Gasteiger partial charge in [0, 0.05) is 24.7 Å². The Bertz CT molecular complexity index is 566. The van der Waals surface area contributed by atoms with Gasteiger partial charge in [0.25, 0.3) is 5.56 Å². The number of rotatable bonds is 3. The minimum absolute atomic E-state index is 0.124. The summed E-state index contributed by atoms with van der Waals surface area (Å²) in [6, 6.07) is 3.47. The minimum atomic E-state index is -1.08. The van der Waals surface area contributed by atoms with E-state index in [9.17, 15) is 9.59 Å². The Labute approximate surface area is 110 Å². The van der Waals surface area contributed by atoms with Crippen LogP contribution in [0.4, 0.5) is 0 Å². The maximum atomic E-state index is 12.3. The maximum Gasteiger partial charge on any atom is 0.341 e. The number of hydrogen-bond acceptors (Lipinski definition) is 4. The lowest BCUT2D eigenvalue weighted by Gasteiger charge is -2.37. The minimum Gasteiger partial charge on any atom is -0.479 e. The van der Waals surface area contributed by atoms with Crippen molar-refractivity contribution in [1.29, 1.82) is 0 Å². The van der Waals surface area contributed by atoms with Gasteiger partial charge in [-0.1, -0.05) is 0 Å². The van der Waals surface area contributed by atoms with Crippen LogP contribution in [-0.2, 0) is 11.3 Å². The third kappa shape index (κ3) is 2.23. The molecule has 1 fully saturated rings. The zero-order valence-electron chi connectivity index (χ0n) is 10.5. The van der Waals surface area contributed by atoms with Crippen LogP contribution in [0, 0.1) is 5.92 Å². The lowest BCUT2D eigenvalue weighted by Crippen LogP contribution is -2.45. The zero-order chi connectivity index (χ0) is 13.4. The van der Waals surface area contributed by atoms with Crippen LogP contribution in [0.3, 0.4) is 0 Å². The number of pyridine rings is 1. The Hall–Kier alpha value is -1.82. The molecule has 3 heterocycles. The summed E-state index contributed by atoms with van der Waals surface area (Å²) in [7, 11) is 0. The molecule has 0 aromatic carbocycles. The van der Waals surface area contributed by atoms with Crippen molar-refractivity contribution in [3.05, 3.63) is 28.2 Å². The predicted molar refractivity (Wildman–Crippen MR) is 67.6 cm³/mol. The third-order valence-corrected chi connectivity index (χ3v) is 3.82. The van der Waals surface area contributed by atoms with Crippen molar-refractivity contribution in [3.63, 3.8) is 0 Å². The Balaban J connectivity index is 1.94. The van der Waals surface area contributed by atoms with Crippen LogP contribution in [0.5, 0.6) is 5.75 Å². The second-order valence-corrected chi connectivity index (χ2v) is 5.18. The highest BCUT2D eigenvalue weighted by molar-refractivity contribution is 5.68. The zero-order valence-corrected chi connectivity index (χ0v) is 10.5. The van der Waals surface area contributed by atoms with Gasteiger partial charge in [-0.15, -0.1) is 0 Å². The average molecular weight is 264 g/mol. The first-order valence-electron chi connectivity index (χ1n) is 6.44. The van der Waals surface area contributed by atoms with Crippen molar-refractivity contribution in [2.45, 2.75) is 18.9 Å². The fraction of sp³-hybridized carbons (Fsp3) is 0.538. The first-order valence-corrected chi connectivity index (χ1v) is 6.44. The Kier molecular flexibility index (Phi) is 3.02. The predicted octanol–water partition coefficient (Wildman–Crippen LogP) is 0.0184. The molecule has 6 heteroatoms. The van der Waals surface area contributed by atoms with Gasteiger partial charge in [-0.3, -0.25) is 4.79 Å². The molecule has 0 radical (unpaired) electrons. The lowest BCUT2D eigenvalue weighted by atomic mass is 9.84. The summed E-state index contributed by atoms with van der Waals surface area (Å²) >= 11 is 0. The van der Waals surface area contributed by atoms with Gasteiger partial charge in [0.05, 0.1) is 0 Å². The first kappa shape index (κ1) is 12.2. The molecule has 1 saturated heterocycles. The molecule has 0 spiro atoms. The van der Waals surface area contributed by atoms with E-state index in [2.05, 4.69) is 5.32 Å². The number of nitrogens with one attached hydrogen (secondary N) is 1. The molecular formula is C13H16N2O4. The SMILES string of the molecule is O=C(O)COc1ccc2n(c1=O)CC1CNCC2C1. The number of piperidine rings is 1. The number of carboxylic acids is 1. The highest BCUT2D eigenvalue weighted by Gasteiger charge is 2.31. The van der Waals surface area contributed by atoms with Crippen molar-refractivity contribution in [2.24, 2.45) is 5.92 Å². The summed E-state index contributed by atoms with van der Waals surface area (Å²) in [4.78, 5) is 22.8. The molecule has 2 bridgehead atoms. The van der Waals surface area contributed by atoms with Gasteiger partial charge in [0.2, 0.25) is 0 Å². The molecule has 1 aromatic rings. The molecule has 2 unspecified atom stereocenters. The number of ether oxygens (including phenoxy) is 1. The topological polar surface area (TPSA) is 80.6 Å². The van der Waals surface area contributed by atoms with Crippen molar-refractivity contribution in [2.75, 3.05) is 19.7 Å². The van der Waals surface area contributed by atoms with Crippen LogP contribution < -0.4 is 15.6 Å². The van der Waals surface area contributed by atoms with E-state index in [0.717, 1.165) is 25.2 Å². The van der Waals surface area contributed by atoms with Gasteiger partial charge in [-0.2, -0.15) is 0 Å². The fourth-order valence-electron chi connectivity index (χ4n) is 3.02. The molecule has 1 aromatic heterocycles. The average Bonchev–Trinajstić information content (AvgIpc) is 2.39. The molecule has 0 saturated carbocycles. The molecule has 3 rings (SSSR count). The van der Waals surface area contributed by atoms with E-state index >= 15 is 0 Å². The summed E-state index contributed by atoms with van der Waals surface area (Å²) in [5, 5.41) is 12.0. The second kappa shape index (κ2) is 4.70. The molecule has 0 amide bonds. The maximum absolute atomic E-state index is 12.3. The monoisotopic (exact) mass is 264 g/mol. The van der Waals surface area contributed by atoms with Crippen molar-refractivity contribution < 1.29 is 14.6 Å². The van der Waals surface area contributed by atoms with Gasteiger partial charge in [-0.25, -0.2) is 4.79 Å². The summed E-state index contributed by atoms with van der Waals surface area (Å²) in [6.45, 7) is 2.03. The van der Waals surface area contributed by atoms with E-state index in [1.54, 1.807) is 10.6 Å². The number of aliphatic carboxylic acids is 1. The highest BCUT2D eigenvalue weighted by atomic mass is 16.5. The largest absolute Gasteiger partial charge is 0.479 e. The van der Waals surface area contributed by atoms with Crippen LogP contribution >= 0.6 is 0 Å². The first-order chi connectivity index (χ1) is 9.15. The van der Waals surface area contributed by atoms with Crippen LogP contribution in [0.2, 0.25) is 0 Å². The fourth-order valence-corrected chi connectivity index (χ4v) is 3.02. The quantitative estimate of drug-likeness (QED) is 0.804. The van der Waals surface area contributed by atoms with Gasteiger partial charge in [-0.05, 0) is 31.0 Å². The molecule has 2 atom stereocenters. The second-order valence-electron chi connectivity index (χ2n) is 5.18. The summed E-state index contributed by atoms with van der Waals surface area (Å²) in [6.07, 6.45) is 1.11. The molecule has 2 aliphatic rings. The smallest absolute Gasteiger partial charge is 0.341 e. The number of hydrogen-bond donors (Lipinski definition) is 2. The number of aromatic nitrogens is 1. The van der Waals surface area contributed by atoms with Gasteiger partial charge >= 0.3 is 5.97 Å². The Morgan fingerprint density at radius 1 is 1.47 bits per heavy atom. The van der Waals surface area contributed by atoms with Crippen LogP contribution in [-0.4, -0.2) is 35.3 Å². The molecular weight excluding hydrogens is 248 g/mol. The van der Waals surface area contributed by atoms with E-state index in [-0.39, 0.29) is 11.3 Å². The number of carbonyl (C=O) groups is 1. The molecule has 6 nitrogen and oxygen atoms in total. The Morgan fingerprint density at radius 2 is 2.32 bits per heavy atom. The summed E-state index contributed by atoms with van der Waals surface area (Å²) < 4.78 is 6.78. The highest BCUT2D eigenvalue weighted by Crippen LogP contribution is 2.32. The molecule has 0 aliphatic carbocycles. The van der Waals surface area contributed by atoms with Gasteiger partial charge in [0.1, 0.15) is 0 Å². The van der Waals surface area contributed by atoms with Crippen LogP contribution in [0.25, 0.3) is 0 Å². The van der Waals surface area contributed by atoms with E-state index in [1.807, 2.05) is 6.07 Å². The summed E-state index contributed by atoms with van der Waals surface area (Å²) in [5.41, 5.74) is 0.812. The van der Waals surface area contributed by atoms with E-state index in [4.69, 9.17) is 9.84 Å². The normalized spacial score (nSPS) is 24.6. The van der Waals surface area contributed by atoms with Gasteiger partial charge in [0.15, 0.2) is 12.4 Å². The lowest BCUT2D eigenvalue weighted by molar-refractivity contribution is -0.139. The van der Waals surface area contributed by atoms with Crippen molar-refractivity contribution in [1.82, 2.24) is 9.88 Å². The van der Waals surface area contributed by atoms with E-state index in [1.165, 1.54) is 0 Å². The van der Waals surface area contributed by atoms with E-state index in [0.29, 0.717) is 18.4 Å². The standard InChI is InChI=1S/C13H16N2O4/c16-12(17)7-19-11-2-1-10-9-3-8(4-14-5-9)6-15(10)13(11)18/h1-2,8-9,14H,3-7H2,(H,16,17). The van der Waals surface area contributed by atoms with Crippen LogP contribution in [0.1, 0.15) is 18.0 Å². The molecule has 19 heavy (non-hydrogen) atoms.